The Labute approximate surface area is 138 Å². The number of urea groups is 1. The number of ether oxygens (including phenoxy) is 1. The highest BCUT2D eigenvalue weighted by molar-refractivity contribution is 9.10. The molecule has 1 aromatic rings. The van der Waals surface area contributed by atoms with Crippen molar-refractivity contribution in [1.82, 2.24) is 10.6 Å². The van der Waals surface area contributed by atoms with Crippen molar-refractivity contribution >= 4 is 27.9 Å². The summed E-state index contributed by atoms with van der Waals surface area (Å²) in [7, 11) is 0. The summed E-state index contributed by atoms with van der Waals surface area (Å²) < 4.78 is 6.26. The number of nitrogens with one attached hydrogen (secondary N) is 2. The number of hydrogen-bond donors (Lipinski definition) is 2. The van der Waals surface area contributed by atoms with E-state index in [1.54, 1.807) is 6.92 Å². The lowest BCUT2D eigenvalue weighted by Gasteiger charge is -2.29. The number of carbonyl (C=O) groups excluding carboxylic acids is 2. The lowest BCUT2D eigenvalue weighted by molar-refractivity contribution is -0.144. The summed E-state index contributed by atoms with van der Waals surface area (Å²) in [4.78, 5) is 24.3. The normalized spacial score (nSPS) is 19.3. The van der Waals surface area contributed by atoms with Gasteiger partial charge >= 0.3 is 12.0 Å². The molecule has 0 saturated carbocycles. The molecule has 22 heavy (non-hydrogen) atoms. The minimum atomic E-state index is -0.541. The van der Waals surface area contributed by atoms with E-state index in [4.69, 9.17) is 4.74 Å². The molecule has 0 aliphatic carbocycles. The molecular weight excluding hydrogens is 348 g/mol. The largest absolute Gasteiger partial charge is 0.459 e. The van der Waals surface area contributed by atoms with Crippen LogP contribution in [0.5, 0.6) is 0 Å². The Morgan fingerprint density at radius 1 is 1.41 bits per heavy atom. The van der Waals surface area contributed by atoms with Gasteiger partial charge in [-0.1, -0.05) is 41.1 Å². The first-order valence-corrected chi connectivity index (χ1v) is 7.97. The Bertz CT molecular complexity index is 628. The predicted octanol–water partition coefficient (Wildman–Crippen LogP) is 3.42. The molecule has 1 aliphatic rings. The molecule has 2 amide bonds. The van der Waals surface area contributed by atoms with Crippen LogP contribution in [-0.2, 0) is 9.53 Å². The number of allylic oxidation sites excluding steroid dienone is 1. The van der Waals surface area contributed by atoms with Crippen molar-refractivity contribution in [1.29, 1.82) is 0 Å². The maximum absolute atomic E-state index is 12.5. The van der Waals surface area contributed by atoms with Gasteiger partial charge in [-0.3, -0.25) is 0 Å². The summed E-state index contributed by atoms with van der Waals surface area (Å²) in [6.07, 6.45) is 0.558. The van der Waals surface area contributed by atoms with Gasteiger partial charge in [0.05, 0.1) is 17.7 Å². The monoisotopic (exact) mass is 366 g/mol. The average Bonchev–Trinajstić information content (AvgIpc) is 2.46. The molecule has 1 aliphatic heterocycles. The fourth-order valence-corrected chi connectivity index (χ4v) is 2.75. The fourth-order valence-electron chi connectivity index (χ4n) is 2.24. The SMILES string of the molecule is CC[C@@H](C)OC(=O)C1=C(C)NC(=O)N[C@@H]1c1ccccc1Br. The molecule has 0 fully saturated rings. The number of rotatable bonds is 4. The molecule has 6 heteroatoms. The van der Waals surface area contributed by atoms with E-state index >= 15 is 0 Å². The molecule has 2 atom stereocenters. The van der Waals surface area contributed by atoms with Crippen molar-refractivity contribution in [3.8, 4) is 0 Å². The molecule has 2 N–H and O–H groups in total. The fraction of sp³-hybridized carbons (Fsp3) is 0.375. The molecule has 0 aromatic heterocycles. The second-order valence-electron chi connectivity index (χ2n) is 5.22. The zero-order chi connectivity index (χ0) is 16.3. The summed E-state index contributed by atoms with van der Waals surface area (Å²) in [6.45, 7) is 5.50. The van der Waals surface area contributed by atoms with Crippen molar-refractivity contribution in [3.05, 3.63) is 45.6 Å². The Morgan fingerprint density at radius 2 is 2.09 bits per heavy atom. The maximum atomic E-state index is 12.5. The minimum absolute atomic E-state index is 0.176. The molecule has 2 rings (SSSR count). The number of halogens is 1. The Balaban J connectivity index is 2.41. The van der Waals surface area contributed by atoms with E-state index in [1.165, 1.54) is 0 Å². The van der Waals surface area contributed by atoms with Gasteiger partial charge in [-0.15, -0.1) is 0 Å². The van der Waals surface area contributed by atoms with Gasteiger partial charge in [0.25, 0.3) is 0 Å². The van der Waals surface area contributed by atoms with Crippen LogP contribution < -0.4 is 10.6 Å². The highest BCUT2D eigenvalue weighted by Crippen LogP contribution is 2.32. The average molecular weight is 367 g/mol. The van der Waals surface area contributed by atoms with Crippen LogP contribution in [0.2, 0.25) is 0 Å². The van der Waals surface area contributed by atoms with Crippen LogP contribution in [0.4, 0.5) is 4.79 Å². The van der Waals surface area contributed by atoms with Gasteiger partial charge in [0, 0.05) is 10.2 Å². The Morgan fingerprint density at radius 3 is 2.73 bits per heavy atom. The number of benzene rings is 1. The van der Waals surface area contributed by atoms with Crippen LogP contribution in [-0.4, -0.2) is 18.1 Å². The van der Waals surface area contributed by atoms with Crippen molar-refractivity contribution < 1.29 is 14.3 Å². The van der Waals surface area contributed by atoms with Crippen LogP contribution in [0, 0.1) is 0 Å². The Kier molecular flexibility index (Phi) is 5.24. The zero-order valence-electron chi connectivity index (χ0n) is 12.8. The van der Waals surface area contributed by atoms with Crippen LogP contribution in [0.25, 0.3) is 0 Å². The molecule has 0 spiro atoms. The summed E-state index contributed by atoms with van der Waals surface area (Å²) in [5.41, 5.74) is 1.75. The summed E-state index contributed by atoms with van der Waals surface area (Å²) in [5, 5.41) is 5.42. The third-order valence-corrected chi connectivity index (χ3v) is 4.31. The second-order valence-corrected chi connectivity index (χ2v) is 6.07. The first kappa shape index (κ1) is 16.5. The van der Waals surface area contributed by atoms with Crippen LogP contribution >= 0.6 is 15.9 Å². The molecule has 0 radical (unpaired) electrons. The van der Waals surface area contributed by atoms with Crippen LogP contribution in [0.15, 0.2) is 40.0 Å². The maximum Gasteiger partial charge on any atom is 0.338 e. The van der Waals surface area contributed by atoms with E-state index in [0.717, 1.165) is 16.5 Å². The van der Waals surface area contributed by atoms with E-state index < -0.39 is 12.0 Å². The molecule has 118 valence electrons. The predicted molar refractivity (Wildman–Crippen MR) is 87.1 cm³/mol. The summed E-state index contributed by atoms with van der Waals surface area (Å²) in [5.74, 6) is -0.417. The van der Waals surface area contributed by atoms with Gasteiger partial charge in [-0.25, -0.2) is 9.59 Å². The van der Waals surface area contributed by atoms with Crippen molar-refractivity contribution in [2.45, 2.75) is 39.3 Å². The lowest BCUT2D eigenvalue weighted by atomic mass is 9.95. The molecule has 1 aromatic carbocycles. The Hall–Kier alpha value is -1.82. The van der Waals surface area contributed by atoms with Gasteiger partial charge in [0.15, 0.2) is 0 Å². The van der Waals surface area contributed by atoms with Gasteiger partial charge < -0.3 is 15.4 Å². The summed E-state index contributed by atoms with van der Waals surface area (Å²) >= 11 is 3.47. The first-order valence-electron chi connectivity index (χ1n) is 7.17. The van der Waals surface area contributed by atoms with Crippen molar-refractivity contribution in [3.63, 3.8) is 0 Å². The van der Waals surface area contributed by atoms with E-state index in [-0.39, 0.29) is 12.1 Å². The van der Waals surface area contributed by atoms with E-state index in [1.807, 2.05) is 38.1 Å². The molecule has 0 bridgehead atoms. The van der Waals surface area contributed by atoms with E-state index in [9.17, 15) is 9.59 Å². The first-order chi connectivity index (χ1) is 10.4. The van der Waals surface area contributed by atoms with Gasteiger partial charge in [0.2, 0.25) is 0 Å². The van der Waals surface area contributed by atoms with E-state index in [0.29, 0.717) is 11.3 Å². The summed E-state index contributed by atoms with van der Waals surface area (Å²) in [6, 6.07) is 6.60. The molecule has 0 unspecified atom stereocenters. The number of esters is 1. The van der Waals surface area contributed by atoms with Gasteiger partial charge in [-0.2, -0.15) is 0 Å². The number of carbonyl (C=O) groups is 2. The topological polar surface area (TPSA) is 67.4 Å². The number of amides is 2. The van der Waals surface area contributed by atoms with E-state index in [2.05, 4.69) is 26.6 Å². The smallest absolute Gasteiger partial charge is 0.338 e. The molecular formula is C16H19BrN2O3. The number of hydrogen-bond acceptors (Lipinski definition) is 3. The highest BCUT2D eigenvalue weighted by Gasteiger charge is 2.33. The quantitative estimate of drug-likeness (QED) is 0.802. The molecule has 0 saturated heterocycles. The van der Waals surface area contributed by atoms with Gasteiger partial charge in [-0.05, 0) is 31.9 Å². The van der Waals surface area contributed by atoms with Crippen LogP contribution in [0.3, 0.4) is 0 Å². The standard InChI is InChI=1S/C16H19BrN2O3/c1-4-9(2)22-15(20)13-10(3)18-16(21)19-14(13)11-7-5-6-8-12(11)17/h5-9,14H,4H2,1-3H3,(H2,18,19,21)/t9-,14-/m1/s1. The van der Waals surface area contributed by atoms with Gasteiger partial charge in [0.1, 0.15) is 0 Å². The van der Waals surface area contributed by atoms with Crippen molar-refractivity contribution in [2.24, 2.45) is 0 Å². The highest BCUT2D eigenvalue weighted by atomic mass is 79.9. The molecule has 1 heterocycles. The third-order valence-electron chi connectivity index (χ3n) is 3.59. The minimum Gasteiger partial charge on any atom is -0.459 e. The third kappa shape index (κ3) is 3.50. The lowest BCUT2D eigenvalue weighted by Crippen LogP contribution is -2.45. The molecule has 5 nitrogen and oxygen atoms in total. The second kappa shape index (κ2) is 6.96. The van der Waals surface area contributed by atoms with Crippen molar-refractivity contribution in [2.75, 3.05) is 0 Å². The van der Waals surface area contributed by atoms with Crippen LogP contribution in [0.1, 0.15) is 38.8 Å². The zero-order valence-corrected chi connectivity index (χ0v) is 14.4.